The zero-order valence-electron chi connectivity index (χ0n) is 16.5. The molecule has 29 heavy (non-hydrogen) atoms. The molecule has 3 aromatic heterocycles. The molecule has 1 N–H and O–H groups in total. The Bertz CT molecular complexity index is 986. The lowest BCUT2D eigenvalue weighted by atomic mass is 10.2. The Morgan fingerprint density at radius 1 is 1.17 bits per heavy atom. The predicted octanol–water partition coefficient (Wildman–Crippen LogP) is 3.51. The SMILES string of the molecule is COc1nc(N(C)CCCO)ncc1-c1ccc(Oc2cncc(Cl)c2)c(C)n1. The number of aliphatic hydroxyl groups excluding tert-OH is 1. The van der Waals surface area contributed by atoms with Gasteiger partial charge in [0.15, 0.2) is 0 Å². The number of pyridine rings is 2. The van der Waals surface area contributed by atoms with Crippen molar-refractivity contribution >= 4 is 17.5 Å². The molecule has 0 spiro atoms. The molecule has 0 saturated carbocycles. The first-order chi connectivity index (χ1) is 14.0. The number of halogens is 1. The summed E-state index contributed by atoms with van der Waals surface area (Å²) in [5.74, 6) is 2.07. The number of hydrogen-bond acceptors (Lipinski definition) is 8. The smallest absolute Gasteiger partial charge is 0.228 e. The molecular weight excluding hydrogens is 394 g/mol. The van der Waals surface area contributed by atoms with E-state index in [9.17, 15) is 0 Å². The Kier molecular flexibility index (Phi) is 6.79. The molecule has 3 heterocycles. The maximum Gasteiger partial charge on any atom is 0.228 e. The maximum atomic E-state index is 8.99. The summed E-state index contributed by atoms with van der Waals surface area (Å²) in [6, 6.07) is 5.32. The van der Waals surface area contributed by atoms with E-state index >= 15 is 0 Å². The van der Waals surface area contributed by atoms with Crippen molar-refractivity contribution in [3.63, 3.8) is 0 Å². The summed E-state index contributed by atoms with van der Waals surface area (Å²) in [5.41, 5.74) is 2.03. The van der Waals surface area contributed by atoms with Crippen LogP contribution >= 0.6 is 11.6 Å². The highest BCUT2D eigenvalue weighted by molar-refractivity contribution is 6.30. The molecule has 3 rings (SSSR count). The molecule has 0 bridgehead atoms. The molecule has 0 aliphatic heterocycles. The highest BCUT2D eigenvalue weighted by atomic mass is 35.5. The molecule has 0 aliphatic carbocycles. The largest absolute Gasteiger partial charge is 0.480 e. The van der Waals surface area contributed by atoms with Gasteiger partial charge in [-0.2, -0.15) is 4.98 Å². The van der Waals surface area contributed by atoms with Crippen molar-refractivity contribution in [1.82, 2.24) is 19.9 Å². The van der Waals surface area contributed by atoms with E-state index in [1.165, 1.54) is 0 Å². The molecule has 0 radical (unpaired) electrons. The van der Waals surface area contributed by atoms with Crippen molar-refractivity contribution < 1.29 is 14.6 Å². The number of anilines is 1. The highest BCUT2D eigenvalue weighted by Gasteiger charge is 2.15. The van der Waals surface area contributed by atoms with Crippen LogP contribution < -0.4 is 14.4 Å². The Labute approximate surface area is 174 Å². The van der Waals surface area contributed by atoms with Gasteiger partial charge in [-0.05, 0) is 25.5 Å². The van der Waals surface area contributed by atoms with Gasteiger partial charge in [0.05, 0.1) is 35.3 Å². The van der Waals surface area contributed by atoms with E-state index < -0.39 is 0 Å². The first-order valence-electron chi connectivity index (χ1n) is 9.01. The van der Waals surface area contributed by atoms with Gasteiger partial charge in [-0.15, -0.1) is 0 Å². The average molecular weight is 416 g/mol. The Morgan fingerprint density at radius 3 is 2.69 bits per heavy atom. The molecule has 0 amide bonds. The van der Waals surface area contributed by atoms with E-state index in [1.54, 1.807) is 31.8 Å². The van der Waals surface area contributed by atoms with Crippen molar-refractivity contribution in [3.05, 3.63) is 47.5 Å². The Morgan fingerprint density at radius 2 is 2.00 bits per heavy atom. The second-order valence-electron chi connectivity index (χ2n) is 6.31. The lowest BCUT2D eigenvalue weighted by molar-refractivity contribution is 0.290. The van der Waals surface area contributed by atoms with E-state index in [2.05, 4.69) is 19.9 Å². The van der Waals surface area contributed by atoms with Crippen LogP contribution in [0.15, 0.2) is 36.8 Å². The molecule has 0 fully saturated rings. The molecule has 0 saturated heterocycles. The zero-order valence-corrected chi connectivity index (χ0v) is 17.2. The fraction of sp³-hybridized carbons (Fsp3) is 0.300. The quantitative estimate of drug-likeness (QED) is 0.597. The molecule has 3 aromatic rings. The molecule has 9 heteroatoms. The van der Waals surface area contributed by atoms with Crippen LogP contribution in [0.5, 0.6) is 17.4 Å². The van der Waals surface area contributed by atoms with E-state index in [-0.39, 0.29) is 6.61 Å². The second kappa shape index (κ2) is 9.49. The van der Waals surface area contributed by atoms with E-state index in [4.69, 9.17) is 26.2 Å². The zero-order chi connectivity index (χ0) is 20.8. The molecule has 0 aromatic carbocycles. The van der Waals surface area contributed by atoms with Gasteiger partial charge in [0.2, 0.25) is 11.8 Å². The number of rotatable bonds is 8. The van der Waals surface area contributed by atoms with Gasteiger partial charge in [0, 0.05) is 38.7 Å². The van der Waals surface area contributed by atoms with Crippen LogP contribution in [-0.4, -0.2) is 52.4 Å². The summed E-state index contributed by atoms with van der Waals surface area (Å²) in [6.45, 7) is 2.60. The van der Waals surface area contributed by atoms with Crippen LogP contribution in [0.4, 0.5) is 5.95 Å². The number of methoxy groups -OCH3 is 1. The predicted molar refractivity (Wildman–Crippen MR) is 111 cm³/mol. The van der Waals surface area contributed by atoms with Gasteiger partial charge in [-0.3, -0.25) is 4.98 Å². The minimum absolute atomic E-state index is 0.114. The van der Waals surface area contributed by atoms with Crippen molar-refractivity contribution in [2.75, 3.05) is 32.2 Å². The lowest BCUT2D eigenvalue weighted by Gasteiger charge is -2.18. The topological polar surface area (TPSA) is 93.5 Å². The van der Waals surface area contributed by atoms with Crippen molar-refractivity contribution in [3.8, 4) is 28.6 Å². The Hall–Kier alpha value is -2.97. The molecule has 0 aliphatic rings. The van der Waals surface area contributed by atoms with E-state index in [0.29, 0.717) is 58.3 Å². The number of ether oxygens (including phenoxy) is 2. The van der Waals surface area contributed by atoms with Gasteiger partial charge >= 0.3 is 0 Å². The third-order valence-electron chi connectivity index (χ3n) is 4.15. The monoisotopic (exact) mass is 415 g/mol. The minimum atomic E-state index is 0.114. The van der Waals surface area contributed by atoms with Gasteiger partial charge in [-0.25, -0.2) is 9.97 Å². The van der Waals surface area contributed by atoms with Crippen LogP contribution in [0, 0.1) is 6.92 Å². The lowest BCUT2D eigenvalue weighted by Crippen LogP contribution is -2.22. The van der Waals surface area contributed by atoms with Crippen molar-refractivity contribution in [1.29, 1.82) is 0 Å². The number of aromatic nitrogens is 4. The molecule has 152 valence electrons. The number of nitrogens with zero attached hydrogens (tertiary/aromatic N) is 5. The third-order valence-corrected chi connectivity index (χ3v) is 4.36. The summed E-state index contributed by atoms with van der Waals surface area (Å²) >= 11 is 5.95. The second-order valence-corrected chi connectivity index (χ2v) is 6.75. The highest BCUT2D eigenvalue weighted by Crippen LogP contribution is 2.31. The maximum absolute atomic E-state index is 8.99. The fourth-order valence-corrected chi connectivity index (χ4v) is 2.83. The Balaban J connectivity index is 1.85. The average Bonchev–Trinajstić information content (AvgIpc) is 2.73. The number of aryl methyl sites for hydroxylation is 1. The minimum Gasteiger partial charge on any atom is -0.480 e. The van der Waals surface area contributed by atoms with E-state index in [1.807, 2.05) is 31.0 Å². The molecular formula is C20H22ClN5O3. The van der Waals surface area contributed by atoms with Crippen LogP contribution in [0.25, 0.3) is 11.3 Å². The fourth-order valence-electron chi connectivity index (χ4n) is 2.66. The summed E-state index contributed by atoms with van der Waals surface area (Å²) in [5, 5.41) is 9.49. The van der Waals surface area contributed by atoms with Gasteiger partial charge in [0.25, 0.3) is 0 Å². The first-order valence-corrected chi connectivity index (χ1v) is 9.39. The van der Waals surface area contributed by atoms with E-state index in [0.717, 1.165) is 0 Å². The molecule has 0 unspecified atom stereocenters. The van der Waals surface area contributed by atoms with Crippen molar-refractivity contribution in [2.24, 2.45) is 0 Å². The summed E-state index contributed by atoms with van der Waals surface area (Å²) in [4.78, 5) is 19.4. The summed E-state index contributed by atoms with van der Waals surface area (Å²) < 4.78 is 11.3. The van der Waals surface area contributed by atoms with Crippen LogP contribution in [0.1, 0.15) is 12.1 Å². The summed E-state index contributed by atoms with van der Waals surface area (Å²) in [7, 11) is 3.42. The van der Waals surface area contributed by atoms with Gasteiger partial charge < -0.3 is 19.5 Å². The van der Waals surface area contributed by atoms with Crippen molar-refractivity contribution in [2.45, 2.75) is 13.3 Å². The van der Waals surface area contributed by atoms with Crippen LogP contribution in [0.3, 0.4) is 0 Å². The summed E-state index contributed by atoms with van der Waals surface area (Å²) in [6.07, 6.45) is 5.44. The number of hydrogen-bond donors (Lipinski definition) is 1. The van der Waals surface area contributed by atoms with Gasteiger partial charge in [-0.1, -0.05) is 11.6 Å². The molecule has 8 nitrogen and oxygen atoms in total. The normalized spacial score (nSPS) is 10.7. The third kappa shape index (κ3) is 5.10. The standard InChI is InChI=1S/C20H22ClN5O3/c1-13-18(29-15-9-14(21)10-22-11-15)6-5-17(24-13)16-12-23-20(25-19(16)28-3)26(2)7-4-8-27/h5-6,9-12,27H,4,7-8H2,1-3H3. The number of aliphatic hydroxyl groups is 1. The molecule has 0 atom stereocenters. The van der Waals surface area contributed by atoms with Crippen LogP contribution in [-0.2, 0) is 0 Å². The van der Waals surface area contributed by atoms with Gasteiger partial charge in [0.1, 0.15) is 11.5 Å². The van der Waals surface area contributed by atoms with Crippen LogP contribution in [0.2, 0.25) is 5.02 Å². The first kappa shape index (κ1) is 20.8.